The zero-order chi connectivity index (χ0) is 30.1. The molecule has 0 saturated heterocycles. The summed E-state index contributed by atoms with van der Waals surface area (Å²) in [7, 11) is 0. The highest BCUT2D eigenvalue weighted by atomic mass is 79.9. The summed E-state index contributed by atoms with van der Waals surface area (Å²) in [6, 6.07) is 30.9. The quantitative estimate of drug-likeness (QED) is 0.163. The Hall–Kier alpha value is -4.27. The lowest BCUT2D eigenvalue weighted by Crippen LogP contribution is -2.47. The summed E-state index contributed by atoms with van der Waals surface area (Å²) in [5.74, 6) is 0.351. The van der Waals surface area contributed by atoms with Crippen LogP contribution in [-0.4, -0.2) is 35.7 Å². The van der Waals surface area contributed by atoms with Crippen LogP contribution in [0.1, 0.15) is 41.2 Å². The largest absolute Gasteiger partial charge is 0.494 e. The summed E-state index contributed by atoms with van der Waals surface area (Å²) < 4.78 is 26.5. The average molecular weight is 644 g/mol. The third kappa shape index (κ3) is 7.39. The Bertz CT molecular complexity index is 1580. The van der Waals surface area contributed by atoms with Gasteiger partial charge in [-0.2, -0.15) is 0 Å². The van der Waals surface area contributed by atoms with Crippen molar-refractivity contribution >= 4 is 33.8 Å². The molecule has 5 rings (SSSR count). The summed E-state index contributed by atoms with van der Waals surface area (Å²) in [6.45, 7) is 0.669. The minimum absolute atomic E-state index is 0.0587. The zero-order valence-corrected chi connectivity index (χ0v) is 25.0. The van der Waals surface area contributed by atoms with E-state index in [9.17, 15) is 9.18 Å². The first kappa shape index (κ1) is 30.2. The van der Waals surface area contributed by atoms with Crippen molar-refractivity contribution in [1.82, 2.24) is 5.32 Å². The maximum absolute atomic E-state index is 14.3. The normalized spacial score (nSPS) is 17.8. The molecule has 0 bridgehead atoms. The van der Waals surface area contributed by atoms with Gasteiger partial charge >= 0.3 is 0 Å². The number of aliphatic hydroxyl groups is 1. The van der Waals surface area contributed by atoms with Crippen molar-refractivity contribution in [3.8, 4) is 5.75 Å². The van der Waals surface area contributed by atoms with Gasteiger partial charge in [0.25, 0.3) is 5.91 Å². The van der Waals surface area contributed by atoms with Gasteiger partial charge in [-0.05, 0) is 53.6 Å². The molecular formula is C35H32BrFN2O4. The number of nitrogens with one attached hydrogen (secondary N) is 1. The predicted octanol–water partition coefficient (Wildman–Crippen LogP) is 7.03. The third-order valence-corrected chi connectivity index (χ3v) is 7.85. The number of rotatable bonds is 12. The van der Waals surface area contributed by atoms with Gasteiger partial charge in [0.05, 0.1) is 6.61 Å². The predicted molar refractivity (Wildman–Crippen MR) is 169 cm³/mol. The van der Waals surface area contributed by atoms with Crippen molar-refractivity contribution in [2.75, 3.05) is 13.2 Å². The molecule has 4 aromatic rings. The van der Waals surface area contributed by atoms with Crippen LogP contribution in [0.4, 0.5) is 4.39 Å². The molecule has 0 fully saturated rings. The molecule has 2 atom stereocenters. The fourth-order valence-electron chi connectivity index (χ4n) is 4.86. The highest BCUT2D eigenvalue weighted by molar-refractivity contribution is 9.10. The summed E-state index contributed by atoms with van der Waals surface area (Å²) >= 11 is 3.66. The van der Waals surface area contributed by atoms with E-state index in [0.717, 1.165) is 21.2 Å². The Kier molecular flexibility index (Phi) is 10.0. The van der Waals surface area contributed by atoms with Gasteiger partial charge < -0.3 is 19.9 Å². The Labute approximate surface area is 259 Å². The highest BCUT2D eigenvalue weighted by Crippen LogP contribution is 2.45. The summed E-state index contributed by atoms with van der Waals surface area (Å²) in [4.78, 5) is 19.3. The maximum Gasteiger partial charge on any atom is 0.252 e. The molecule has 1 aliphatic heterocycles. The summed E-state index contributed by atoms with van der Waals surface area (Å²) in [6.07, 6.45) is 3.97. The lowest BCUT2D eigenvalue weighted by molar-refractivity contribution is -0.129. The van der Waals surface area contributed by atoms with Gasteiger partial charge in [0.2, 0.25) is 5.90 Å². The van der Waals surface area contributed by atoms with E-state index >= 15 is 0 Å². The lowest BCUT2D eigenvalue weighted by Gasteiger charge is -2.30. The van der Waals surface area contributed by atoms with E-state index in [2.05, 4.69) is 21.2 Å². The fraction of sp³-hybridized carbons (Fsp3) is 0.200. The molecule has 1 aliphatic rings. The molecule has 220 valence electrons. The molecular weight excluding hydrogens is 611 g/mol. The number of carbonyl (C=O) groups excluding carboxylic acids is 1. The van der Waals surface area contributed by atoms with E-state index in [0.29, 0.717) is 30.2 Å². The fourth-order valence-corrected chi connectivity index (χ4v) is 5.35. The summed E-state index contributed by atoms with van der Waals surface area (Å²) in [5.41, 5.74) is 1.91. The highest BCUT2D eigenvalue weighted by Gasteiger charge is 2.53. The van der Waals surface area contributed by atoms with Crippen LogP contribution in [0.2, 0.25) is 0 Å². The molecule has 0 spiro atoms. The smallest absolute Gasteiger partial charge is 0.252 e. The van der Waals surface area contributed by atoms with Crippen LogP contribution in [0.25, 0.3) is 6.08 Å². The molecule has 1 heterocycles. The van der Waals surface area contributed by atoms with E-state index in [-0.39, 0.29) is 31.3 Å². The number of carbonyl (C=O) groups is 1. The number of hydrogen-bond acceptors (Lipinski definition) is 5. The van der Waals surface area contributed by atoms with Crippen LogP contribution >= 0.6 is 15.9 Å². The van der Waals surface area contributed by atoms with Gasteiger partial charge in [-0.3, -0.25) is 4.79 Å². The second kappa shape index (κ2) is 14.3. The Morgan fingerprint density at radius 2 is 1.72 bits per heavy atom. The minimum atomic E-state index is -1.35. The minimum Gasteiger partial charge on any atom is -0.494 e. The van der Waals surface area contributed by atoms with Gasteiger partial charge in [-0.15, -0.1) is 0 Å². The van der Waals surface area contributed by atoms with Crippen molar-refractivity contribution in [2.24, 2.45) is 4.99 Å². The Morgan fingerprint density at radius 1 is 1.00 bits per heavy atom. The molecule has 0 saturated carbocycles. The van der Waals surface area contributed by atoms with E-state index in [1.54, 1.807) is 12.1 Å². The number of halogens is 2. The second-order valence-electron chi connectivity index (χ2n) is 10.1. The number of benzene rings is 4. The number of hydrogen-bond donors (Lipinski definition) is 2. The van der Waals surface area contributed by atoms with Gasteiger partial charge in [-0.25, -0.2) is 9.38 Å². The van der Waals surface area contributed by atoms with Gasteiger partial charge in [0, 0.05) is 41.6 Å². The third-order valence-electron chi connectivity index (χ3n) is 7.12. The number of ether oxygens (including phenoxy) is 2. The monoisotopic (exact) mass is 642 g/mol. The van der Waals surface area contributed by atoms with Crippen LogP contribution < -0.4 is 10.1 Å². The van der Waals surface area contributed by atoms with Crippen LogP contribution in [-0.2, 0) is 16.1 Å². The van der Waals surface area contributed by atoms with Crippen LogP contribution in [0.3, 0.4) is 0 Å². The molecule has 43 heavy (non-hydrogen) atoms. The van der Waals surface area contributed by atoms with Crippen molar-refractivity contribution < 1.29 is 23.8 Å². The lowest BCUT2D eigenvalue weighted by atomic mass is 9.84. The molecule has 0 unspecified atom stereocenters. The number of aliphatic imine (C=N–C) groups is 1. The molecule has 0 radical (unpaired) electrons. The first-order chi connectivity index (χ1) is 21.0. The van der Waals surface area contributed by atoms with E-state index in [1.807, 2.05) is 91.0 Å². The van der Waals surface area contributed by atoms with Crippen LogP contribution in [0.15, 0.2) is 119 Å². The number of amides is 1. The molecule has 4 aromatic carbocycles. The zero-order valence-electron chi connectivity index (χ0n) is 23.5. The SMILES string of the molecule is O=C(NCc1ccc(F)cc1)[C@]1(C/C=C/c2ccccc2)N=C(c2ccc(OCCCO)cc2)O[C@@H]1c1ccccc1Br. The van der Waals surface area contributed by atoms with Crippen molar-refractivity contribution in [2.45, 2.75) is 31.0 Å². The molecule has 2 N–H and O–H groups in total. The maximum atomic E-state index is 14.3. The van der Waals surface area contributed by atoms with E-state index in [4.69, 9.17) is 19.6 Å². The van der Waals surface area contributed by atoms with E-state index < -0.39 is 11.6 Å². The number of nitrogens with zero attached hydrogens (tertiary/aromatic N) is 1. The van der Waals surface area contributed by atoms with Crippen molar-refractivity contribution in [3.05, 3.63) is 142 Å². The molecule has 6 nitrogen and oxygen atoms in total. The van der Waals surface area contributed by atoms with Crippen molar-refractivity contribution in [3.63, 3.8) is 0 Å². The molecule has 0 aromatic heterocycles. The molecule has 8 heteroatoms. The summed E-state index contributed by atoms with van der Waals surface area (Å²) in [5, 5.41) is 12.1. The van der Waals surface area contributed by atoms with Gasteiger partial charge in [-0.1, -0.05) is 88.7 Å². The topological polar surface area (TPSA) is 80.2 Å². The first-order valence-electron chi connectivity index (χ1n) is 14.1. The number of aliphatic hydroxyl groups excluding tert-OH is 1. The van der Waals surface area contributed by atoms with E-state index in [1.165, 1.54) is 12.1 Å². The molecule has 0 aliphatic carbocycles. The molecule has 1 amide bonds. The Balaban J connectivity index is 1.52. The first-order valence-corrected chi connectivity index (χ1v) is 14.9. The van der Waals surface area contributed by atoms with Crippen LogP contribution in [0.5, 0.6) is 5.75 Å². The average Bonchev–Trinajstić information content (AvgIpc) is 3.42. The van der Waals surface area contributed by atoms with Gasteiger partial charge in [0.15, 0.2) is 11.6 Å². The standard InChI is InChI=1S/C35H32BrFN2O4/c36-31-12-5-4-11-30(31)32-35(21-6-10-25-8-2-1-3-9-25,34(41)38-24-26-13-17-28(37)18-14-26)39-33(43-32)27-15-19-29(20-16-27)42-23-7-22-40/h1-6,8-20,32,40H,7,21-24H2,(H,38,41)/b10-6+/t32-,35-/m1/s1. The van der Waals surface area contributed by atoms with Gasteiger partial charge in [0.1, 0.15) is 11.6 Å². The van der Waals surface area contributed by atoms with Crippen molar-refractivity contribution in [1.29, 1.82) is 0 Å². The second-order valence-corrected chi connectivity index (χ2v) is 11.0. The van der Waals surface area contributed by atoms with Crippen LogP contribution in [0, 0.1) is 5.82 Å². The Morgan fingerprint density at radius 3 is 2.44 bits per heavy atom.